The standard InChI is InChI=1S/C16H21BrN2O/c1-19(12-16(11-18)7-3-8-16)9-6-13-10-14(17)4-5-15(13)20-2/h4-5,10H,3,6-9,12H2,1-2H3. The minimum atomic E-state index is -0.0872. The monoisotopic (exact) mass is 336 g/mol. The van der Waals surface area contributed by atoms with Crippen molar-refractivity contribution in [2.24, 2.45) is 5.41 Å². The summed E-state index contributed by atoms with van der Waals surface area (Å²) in [5.41, 5.74) is 1.11. The van der Waals surface area contributed by atoms with Crippen LogP contribution >= 0.6 is 15.9 Å². The summed E-state index contributed by atoms with van der Waals surface area (Å²) < 4.78 is 6.47. The first kappa shape index (κ1) is 15.3. The van der Waals surface area contributed by atoms with Gasteiger partial charge in [-0.1, -0.05) is 22.4 Å². The molecule has 0 atom stereocenters. The Balaban J connectivity index is 1.92. The molecule has 1 saturated carbocycles. The maximum atomic E-state index is 9.29. The SMILES string of the molecule is COc1ccc(Br)cc1CCN(C)CC1(C#N)CCC1. The molecule has 0 amide bonds. The molecule has 0 saturated heterocycles. The molecule has 3 nitrogen and oxygen atoms in total. The molecule has 108 valence electrons. The molecule has 1 fully saturated rings. The minimum absolute atomic E-state index is 0.0872. The van der Waals surface area contributed by atoms with Gasteiger partial charge in [-0.3, -0.25) is 0 Å². The Bertz CT molecular complexity index is 506. The van der Waals surface area contributed by atoms with E-state index in [4.69, 9.17) is 4.74 Å². The zero-order chi connectivity index (χ0) is 14.6. The van der Waals surface area contributed by atoms with E-state index in [0.717, 1.165) is 42.6 Å². The predicted molar refractivity (Wildman–Crippen MR) is 83.8 cm³/mol. The molecule has 4 heteroatoms. The molecule has 1 aliphatic carbocycles. The van der Waals surface area contributed by atoms with Gasteiger partial charge in [0.25, 0.3) is 0 Å². The third-order valence-electron chi connectivity index (χ3n) is 4.13. The third-order valence-corrected chi connectivity index (χ3v) is 4.62. The Labute approximate surface area is 129 Å². The highest BCUT2D eigenvalue weighted by molar-refractivity contribution is 9.10. The fraction of sp³-hybridized carbons (Fsp3) is 0.562. The van der Waals surface area contributed by atoms with Gasteiger partial charge in [0, 0.05) is 17.6 Å². The van der Waals surface area contributed by atoms with E-state index in [1.54, 1.807) is 7.11 Å². The molecular weight excluding hydrogens is 316 g/mol. The lowest BCUT2D eigenvalue weighted by Crippen LogP contribution is -2.40. The molecule has 0 spiro atoms. The van der Waals surface area contributed by atoms with E-state index < -0.39 is 0 Å². The summed E-state index contributed by atoms with van der Waals surface area (Å²) in [5.74, 6) is 0.931. The number of methoxy groups -OCH3 is 1. The highest BCUT2D eigenvalue weighted by Gasteiger charge is 2.37. The molecule has 2 rings (SSSR count). The number of nitriles is 1. The summed E-state index contributed by atoms with van der Waals surface area (Å²) in [6.45, 7) is 1.82. The van der Waals surface area contributed by atoms with Crippen LogP contribution < -0.4 is 4.74 Å². The second-order valence-corrected chi connectivity index (χ2v) is 6.61. The van der Waals surface area contributed by atoms with Crippen LogP contribution in [0.4, 0.5) is 0 Å². The number of halogens is 1. The molecule has 20 heavy (non-hydrogen) atoms. The van der Waals surface area contributed by atoms with E-state index in [-0.39, 0.29) is 5.41 Å². The van der Waals surface area contributed by atoms with Gasteiger partial charge in [-0.25, -0.2) is 0 Å². The third kappa shape index (κ3) is 3.53. The van der Waals surface area contributed by atoms with Crippen LogP contribution in [0.25, 0.3) is 0 Å². The average molecular weight is 337 g/mol. The van der Waals surface area contributed by atoms with E-state index in [2.05, 4.69) is 40.0 Å². The molecule has 0 aliphatic heterocycles. The van der Waals surface area contributed by atoms with Crippen molar-refractivity contribution in [1.82, 2.24) is 4.90 Å². The minimum Gasteiger partial charge on any atom is -0.496 e. The van der Waals surface area contributed by atoms with Crippen molar-refractivity contribution in [1.29, 1.82) is 5.26 Å². The van der Waals surface area contributed by atoms with E-state index in [9.17, 15) is 5.26 Å². The lowest BCUT2D eigenvalue weighted by atomic mass is 9.69. The van der Waals surface area contributed by atoms with Gasteiger partial charge < -0.3 is 9.64 Å². The van der Waals surface area contributed by atoms with Crippen molar-refractivity contribution in [2.45, 2.75) is 25.7 Å². The lowest BCUT2D eigenvalue weighted by molar-refractivity contribution is 0.139. The first-order valence-corrected chi connectivity index (χ1v) is 7.80. The predicted octanol–water partition coefficient (Wildman–Crippen LogP) is 3.63. The molecule has 0 unspecified atom stereocenters. The van der Waals surface area contributed by atoms with Crippen LogP contribution in [0.2, 0.25) is 0 Å². The molecule has 0 N–H and O–H groups in total. The topological polar surface area (TPSA) is 36.3 Å². The van der Waals surface area contributed by atoms with Crippen molar-refractivity contribution in [3.63, 3.8) is 0 Å². The Morgan fingerprint density at radius 1 is 1.45 bits per heavy atom. The Morgan fingerprint density at radius 2 is 2.20 bits per heavy atom. The van der Waals surface area contributed by atoms with Crippen molar-refractivity contribution in [3.05, 3.63) is 28.2 Å². The quantitative estimate of drug-likeness (QED) is 0.795. The van der Waals surface area contributed by atoms with Gasteiger partial charge in [0.05, 0.1) is 18.6 Å². The normalized spacial score (nSPS) is 16.6. The number of likely N-dealkylation sites (N-methyl/N-ethyl adjacent to an activating group) is 1. The van der Waals surface area contributed by atoms with Crippen molar-refractivity contribution in [2.75, 3.05) is 27.2 Å². The molecule has 0 bridgehead atoms. The summed E-state index contributed by atoms with van der Waals surface area (Å²) >= 11 is 3.50. The fourth-order valence-corrected chi connectivity index (χ4v) is 3.17. The highest BCUT2D eigenvalue weighted by atomic mass is 79.9. The molecule has 1 aromatic carbocycles. The van der Waals surface area contributed by atoms with E-state index in [1.807, 2.05) is 12.1 Å². The smallest absolute Gasteiger partial charge is 0.122 e. The van der Waals surface area contributed by atoms with Crippen LogP contribution in [0.5, 0.6) is 5.75 Å². The van der Waals surface area contributed by atoms with Crippen LogP contribution in [0.1, 0.15) is 24.8 Å². The second-order valence-electron chi connectivity index (χ2n) is 5.69. The molecule has 1 aliphatic rings. The number of benzene rings is 1. The first-order valence-electron chi connectivity index (χ1n) is 7.01. The number of nitrogens with zero attached hydrogens (tertiary/aromatic N) is 2. The van der Waals surface area contributed by atoms with Crippen molar-refractivity contribution >= 4 is 15.9 Å². The summed E-state index contributed by atoms with van der Waals surface area (Å²) in [7, 11) is 3.80. The lowest BCUT2D eigenvalue weighted by Gasteiger charge is -2.38. The maximum absolute atomic E-state index is 9.29. The first-order chi connectivity index (χ1) is 9.58. The van der Waals surface area contributed by atoms with Gasteiger partial charge in [-0.05, 0) is 50.1 Å². The van der Waals surface area contributed by atoms with E-state index in [1.165, 1.54) is 12.0 Å². The molecule has 0 aromatic heterocycles. The Hall–Kier alpha value is -1.05. The number of hydrogen-bond donors (Lipinski definition) is 0. The second kappa shape index (κ2) is 6.60. The Kier molecular flexibility index (Phi) is 5.06. The van der Waals surface area contributed by atoms with E-state index in [0.29, 0.717) is 0 Å². The van der Waals surface area contributed by atoms with Gasteiger partial charge >= 0.3 is 0 Å². The van der Waals surface area contributed by atoms with Crippen LogP contribution in [-0.2, 0) is 6.42 Å². The van der Waals surface area contributed by atoms with Crippen molar-refractivity contribution in [3.8, 4) is 11.8 Å². The Morgan fingerprint density at radius 3 is 2.75 bits per heavy atom. The number of rotatable bonds is 6. The maximum Gasteiger partial charge on any atom is 0.122 e. The average Bonchev–Trinajstić information content (AvgIpc) is 2.41. The molecule has 0 heterocycles. The number of ether oxygens (including phenoxy) is 1. The highest BCUT2D eigenvalue weighted by Crippen LogP contribution is 2.40. The van der Waals surface area contributed by atoms with Gasteiger partial charge in [0.15, 0.2) is 0 Å². The summed E-state index contributed by atoms with van der Waals surface area (Å²) in [4.78, 5) is 2.27. The summed E-state index contributed by atoms with van der Waals surface area (Å²) in [6.07, 6.45) is 4.23. The number of hydrogen-bond acceptors (Lipinski definition) is 3. The van der Waals surface area contributed by atoms with Crippen LogP contribution in [-0.4, -0.2) is 32.1 Å². The van der Waals surface area contributed by atoms with Gasteiger partial charge in [0.1, 0.15) is 5.75 Å². The van der Waals surface area contributed by atoms with Gasteiger partial charge in [0.2, 0.25) is 0 Å². The molecular formula is C16H21BrN2O. The summed E-state index contributed by atoms with van der Waals surface area (Å²) in [6, 6.07) is 8.59. The largest absolute Gasteiger partial charge is 0.496 e. The van der Waals surface area contributed by atoms with Crippen LogP contribution in [0, 0.1) is 16.7 Å². The fourth-order valence-electron chi connectivity index (χ4n) is 2.76. The molecule has 1 aromatic rings. The van der Waals surface area contributed by atoms with Crippen LogP contribution in [0.15, 0.2) is 22.7 Å². The van der Waals surface area contributed by atoms with E-state index >= 15 is 0 Å². The van der Waals surface area contributed by atoms with Crippen LogP contribution in [0.3, 0.4) is 0 Å². The zero-order valence-corrected chi connectivity index (χ0v) is 13.7. The zero-order valence-electron chi connectivity index (χ0n) is 12.2. The van der Waals surface area contributed by atoms with Crippen molar-refractivity contribution < 1.29 is 4.74 Å². The van der Waals surface area contributed by atoms with Gasteiger partial charge in [-0.2, -0.15) is 5.26 Å². The summed E-state index contributed by atoms with van der Waals surface area (Å²) in [5, 5.41) is 9.29. The molecule has 0 radical (unpaired) electrons. The van der Waals surface area contributed by atoms with Gasteiger partial charge in [-0.15, -0.1) is 0 Å².